The Morgan fingerprint density at radius 3 is 2.87 bits per heavy atom. The Bertz CT molecular complexity index is 191. The number of hydrogen-bond donors (Lipinski definition) is 2. The number of carbonyl (C=O) groups is 1. The van der Waals surface area contributed by atoms with E-state index < -0.39 is 0 Å². The monoisotopic (exact) mass is 215 g/mol. The minimum Gasteiger partial charge on any atom is -0.376 e. The minimum absolute atomic E-state index is 0.104. The van der Waals surface area contributed by atoms with Crippen molar-refractivity contribution in [1.82, 2.24) is 15.5 Å². The first-order chi connectivity index (χ1) is 7.18. The molecule has 0 spiro atoms. The molecule has 5 heteroatoms. The lowest BCUT2D eigenvalue weighted by molar-refractivity contribution is 0.111. The van der Waals surface area contributed by atoms with Gasteiger partial charge in [-0.25, -0.2) is 4.79 Å². The van der Waals surface area contributed by atoms with Crippen LogP contribution < -0.4 is 10.6 Å². The summed E-state index contributed by atoms with van der Waals surface area (Å²) in [6.07, 6.45) is 2.37. The van der Waals surface area contributed by atoms with Gasteiger partial charge in [-0.15, -0.1) is 0 Å². The van der Waals surface area contributed by atoms with Gasteiger partial charge in [0.15, 0.2) is 0 Å². The maximum atomic E-state index is 11.3. The molecule has 15 heavy (non-hydrogen) atoms. The number of nitrogens with zero attached hydrogens (tertiary/aromatic N) is 1. The Kier molecular flexibility index (Phi) is 5.42. The normalized spacial score (nSPS) is 20.6. The van der Waals surface area contributed by atoms with Gasteiger partial charge >= 0.3 is 6.03 Å². The van der Waals surface area contributed by atoms with Crippen LogP contribution in [-0.4, -0.2) is 57.4 Å². The number of urea groups is 1. The van der Waals surface area contributed by atoms with Crippen molar-refractivity contribution in [3.63, 3.8) is 0 Å². The minimum atomic E-state index is -0.104. The predicted molar refractivity (Wildman–Crippen MR) is 58.9 cm³/mol. The van der Waals surface area contributed by atoms with Crippen LogP contribution in [0.1, 0.15) is 12.8 Å². The maximum absolute atomic E-state index is 11.3. The highest BCUT2D eigenvalue weighted by atomic mass is 16.5. The quantitative estimate of drug-likeness (QED) is 0.680. The van der Waals surface area contributed by atoms with E-state index in [0.29, 0.717) is 13.1 Å². The summed E-state index contributed by atoms with van der Waals surface area (Å²) in [6.45, 7) is 2.97. The van der Waals surface area contributed by atoms with Crippen molar-refractivity contribution in [2.75, 3.05) is 40.3 Å². The van der Waals surface area contributed by atoms with Crippen molar-refractivity contribution in [2.24, 2.45) is 0 Å². The molecule has 0 aromatic rings. The molecule has 0 aliphatic carbocycles. The van der Waals surface area contributed by atoms with Gasteiger partial charge in [0, 0.05) is 26.2 Å². The third kappa shape index (κ3) is 5.59. The van der Waals surface area contributed by atoms with Crippen molar-refractivity contribution < 1.29 is 9.53 Å². The van der Waals surface area contributed by atoms with Gasteiger partial charge in [0.05, 0.1) is 6.10 Å². The van der Waals surface area contributed by atoms with E-state index in [0.717, 1.165) is 26.0 Å². The lowest BCUT2D eigenvalue weighted by atomic mass is 10.2. The van der Waals surface area contributed by atoms with Crippen LogP contribution in [0.4, 0.5) is 4.79 Å². The SMILES string of the molecule is CN(C)CCNC(=O)NCC1CCCO1. The van der Waals surface area contributed by atoms with Gasteiger partial charge in [0.25, 0.3) is 0 Å². The predicted octanol–water partition coefficient (Wildman–Crippen LogP) is 0.0262. The van der Waals surface area contributed by atoms with Crippen LogP contribution in [-0.2, 0) is 4.74 Å². The summed E-state index contributed by atoms with van der Waals surface area (Å²) in [4.78, 5) is 13.3. The fraction of sp³-hybridized carbons (Fsp3) is 0.900. The number of rotatable bonds is 5. The summed E-state index contributed by atoms with van der Waals surface area (Å²) in [7, 11) is 3.96. The van der Waals surface area contributed by atoms with Crippen LogP contribution in [0.15, 0.2) is 0 Å². The second-order valence-corrected chi connectivity index (χ2v) is 4.08. The molecule has 0 bridgehead atoms. The highest BCUT2D eigenvalue weighted by molar-refractivity contribution is 5.73. The number of carbonyl (C=O) groups excluding carboxylic acids is 1. The Morgan fingerprint density at radius 1 is 1.47 bits per heavy atom. The summed E-state index contributed by atoms with van der Waals surface area (Å²) in [6, 6.07) is -0.104. The Hall–Kier alpha value is -0.810. The van der Waals surface area contributed by atoms with E-state index >= 15 is 0 Å². The number of nitrogens with one attached hydrogen (secondary N) is 2. The zero-order chi connectivity index (χ0) is 11.1. The average Bonchev–Trinajstić information content (AvgIpc) is 2.66. The van der Waals surface area contributed by atoms with E-state index in [4.69, 9.17) is 4.74 Å². The fourth-order valence-electron chi connectivity index (χ4n) is 1.47. The molecule has 1 aliphatic rings. The highest BCUT2D eigenvalue weighted by Gasteiger charge is 2.15. The molecule has 0 saturated carbocycles. The molecule has 5 nitrogen and oxygen atoms in total. The molecule has 2 amide bonds. The Labute approximate surface area is 91.2 Å². The molecule has 2 N–H and O–H groups in total. The van der Waals surface area contributed by atoms with Crippen molar-refractivity contribution in [3.8, 4) is 0 Å². The molecular formula is C10H21N3O2. The zero-order valence-corrected chi connectivity index (χ0v) is 9.58. The van der Waals surface area contributed by atoms with E-state index in [-0.39, 0.29) is 12.1 Å². The van der Waals surface area contributed by atoms with Gasteiger partial charge in [-0.2, -0.15) is 0 Å². The van der Waals surface area contributed by atoms with E-state index in [1.165, 1.54) is 0 Å². The van der Waals surface area contributed by atoms with Gasteiger partial charge in [-0.1, -0.05) is 0 Å². The summed E-state index contributed by atoms with van der Waals surface area (Å²) >= 11 is 0. The van der Waals surface area contributed by atoms with E-state index in [1.54, 1.807) is 0 Å². The van der Waals surface area contributed by atoms with E-state index in [9.17, 15) is 4.79 Å². The fourth-order valence-corrected chi connectivity index (χ4v) is 1.47. The summed E-state index contributed by atoms with van der Waals surface area (Å²) < 4.78 is 5.40. The molecule has 88 valence electrons. The molecule has 1 aliphatic heterocycles. The number of amides is 2. The number of likely N-dealkylation sites (N-methyl/N-ethyl adjacent to an activating group) is 1. The molecule has 1 unspecified atom stereocenters. The molecule has 1 atom stereocenters. The molecule has 0 aromatic heterocycles. The Balaban J connectivity index is 1.98. The second-order valence-electron chi connectivity index (χ2n) is 4.08. The smallest absolute Gasteiger partial charge is 0.314 e. The van der Waals surface area contributed by atoms with Gasteiger partial charge in [0.2, 0.25) is 0 Å². The lowest BCUT2D eigenvalue weighted by Crippen LogP contribution is -2.41. The van der Waals surface area contributed by atoms with Crippen LogP contribution >= 0.6 is 0 Å². The van der Waals surface area contributed by atoms with Crippen molar-refractivity contribution in [2.45, 2.75) is 18.9 Å². The van der Waals surface area contributed by atoms with Crippen molar-refractivity contribution >= 4 is 6.03 Å². The Morgan fingerprint density at radius 2 is 2.27 bits per heavy atom. The third-order valence-electron chi connectivity index (χ3n) is 2.36. The zero-order valence-electron chi connectivity index (χ0n) is 9.58. The third-order valence-corrected chi connectivity index (χ3v) is 2.36. The maximum Gasteiger partial charge on any atom is 0.314 e. The largest absolute Gasteiger partial charge is 0.376 e. The van der Waals surface area contributed by atoms with Crippen LogP contribution in [0, 0.1) is 0 Å². The molecule has 1 saturated heterocycles. The van der Waals surface area contributed by atoms with Gasteiger partial charge < -0.3 is 20.3 Å². The first-order valence-electron chi connectivity index (χ1n) is 5.46. The topological polar surface area (TPSA) is 53.6 Å². The molecule has 0 aromatic carbocycles. The average molecular weight is 215 g/mol. The van der Waals surface area contributed by atoms with Crippen LogP contribution in [0.5, 0.6) is 0 Å². The summed E-state index contributed by atoms with van der Waals surface area (Å²) in [5.74, 6) is 0. The molecule has 1 heterocycles. The van der Waals surface area contributed by atoms with Crippen LogP contribution in [0.2, 0.25) is 0 Å². The van der Waals surface area contributed by atoms with Crippen LogP contribution in [0.25, 0.3) is 0 Å². The standard InChI is InChI=1S/C10H21N3O2/c1-13(2)6-5-11-10(14)12-8-9-4-3-7-15-9/h9H,3-8H2,1-2H3,(H2,11,12,14). The van der Waals surface area contributed by atoms with E-state index in [2.05, 4.69) is 10.6 Å². The molecule has 1 fully saturated rings. The van der Waals surface area contributed by atoms with Gasteiger partial charge in [-0.3, -0.25) is 0 Å². The van der Waals surface area contributed by atoms with Gasteiger partial charge in [-0.05, 0) is 26.9 Å². The molecular weight excluding hydrogens is 194 g/mol. The van der Waals surface area contributed by atoms with Crippen LogP contribution in [0.3, 0.4) is 0 Å². The van der Waals surface area contributed by atoms with Crippen molar-refractivity contribution in [3.05, 3.63) is 0 Å². The first kappa shape index (κ1) is 12.3. The first-order valence-corrected chi connectivity index (χ1v) is 5.46. The summed E-state index contributed by atoms with van der Waals surface area (Å²) in [5.41, 5.74) is 0. The van der Waals surface area contributed by atoms with Crippen molar-refractivity contribution in [1.29, 1.82) is 0 Å². The number of ether oxygens (including phenoxy) is 1. The number of hydrogen-bond acceptors (Lipinski definition) is 3. The van der Waals surface area contributed by atoms with E-state index in [1.807, 2.05) is 19.0 Å². The second kappa shape index (κ2) is 6.63. The molecule has 1 rings (SSSR count). The summed E-state index contributed by atoms with van der Waals surface area (Å²) in [5, 5.41) is 5.60. The van der Waals surface area contributed by atoms with Gasteiger partial charge in [0.1, 0.15) is 0 Å². The lowest BCUT2D eigenvalue weighted by Gasteiger charge is -2.13. The highest BCUT2D eigenvalue weighted by Crippen LogP contribution is 2.10. The molecule has 0 radical (unpaired) electrons.